The number of hydrogen-bond acceptors (Lipinski definition) is 13. The number of benzene rings is 2. The molecule has 17 nitrogen and oxygen atoms in total. The maximum Gasteiger partial charge on any atom is 0.293 e. The first-order valence-corrected chi connectivity index (χ1v) is 22.8. The molecule has 1 saturated carbocycles. The number of imide groups is 1. The number of amides is 4. The molecule has 2 aromatic heterocycles. The highest BCUT2D eigenvalue weighted by Crippen LogP contribution is 2.38. The molecule has 4 aliphatic heterocycles. The largest absolute Gasteiger partial charge is 0.478 e. The van der Waals surface area contributed by atoms with Crippen LogP contribution in [-0.4, -0.2) is 125 Å². The number of hydrogen-bond donors (Lipinski definition) is 3. The van der Waals surface area contributed by atoms with Crippen LogP contribution in [0.3, 0.4) is 0 Å². The summed E-state index contributed by atoms with van der Waals surface area (Å²) in [6, 6.07) is 8.48. The molecule has 0 radical (unpaired) electrons. The Balaban J connectivity index is 0.753. The van der Waals surface area contributed by atoms with Gasteiger partial charge < -0.3 is 39.4 Å². The third kappa shape index (κ3) is 8.82. The van der Waals surface area contributed by atoms with Crippen molar-refractivity contribution >= 4 is 69.3 Å². The summed E-state index contributed by atoms with van der Waals surface area (Å²) in [7, 11) is 1.51. The maximum absolute atomic E-state index is 16.1. The van der Waals surface area contributed by atoms with Gasteiger partial charge in [-0.3, -0.25) is 34.2 Å². The summed E-state index contributed by atoms with van der Waals surface area (Å²) in [5.41, 5.74) is 2.94. The third-order valence-corrected chi connectivity index (χ3v) is 13.7. The number of aromatic nitrogens is 3. The molecule has 5 aliphatic rings. The molecule has 1 unspecified atom stereocenters. The Morgan fingerprint density at radius 1 is 0.985 bits per heavy atom. The van der Waals surface area contributed by atoms with Gasteiger partial charge in [0.15, 0.2) is 24.0 Å². The monoisotopic (exact) mass is 912 g/mol. The molecule has 1 aliphatic carbocycles. The molecular weight excluding hydrogens is 859 g/mol. The van der Waals surface area contributed by atoms with E-state index in [0.29, 0.717) is 64.0 Å². The number of piperazine rings is 1. The van der Waals surface area contributed by atoms with Gasteiger partial charge >= 0.3 is 0 Å². The van der Waals surface area contributed by atoms with E-state index < -0.39 is 17.8 Å². The number of piperidine rings is 2. The predicted molar refractivity (Wildman–Crippen MR) is 243 cm³/mol. The highest BCUT2D eigenvalue weighted by Gasteiger charge is 2.43. The first-order valence-electron chi connectivity index (χ1n) is 22.4. The fourth-order valence-corrected chi connectivity index (χ4v) is 9.98. The van der Waals surface area contributed by atoms with Crippen LogP contribution in [0.2, 0.25) is 5.02 Å². The maximum atomic E-state index is 16.1. The van der Waals surface area contributed by atoms with Crippen molar-refractivity contribution in [3.8, 4) is 5.75 Å². The van der Waals surface area contributed by atoms with E-state index in [9.17, 15) is 24.0 Å². The van der Waals surface area contributed by atoms with Crippen molar-refractivity contribution in [2.75, 3.05) is 68.0 Å². The van der Waals surface area contributed by atoms with Gasteiger partial charge in [-0.05, 0) is 88.8 Å². The molecule has 4 fully saturated rings. The molecular formula is C46H54ClFN10O7. The molecule has 2 aromatic carbocycles. The number of carbonyl (C=O) groups is 4. The van der Waals surface area contributed by atoms with Crippen LogP contribution >= 0.6 is 11.6 Å². The molecule has 3 saturated heterocycles. The van der Waals surface area contributed by atoms with Gasteiger partial charge in [0.05, 0.1) is 41.7 Å². The number of halogens is 2. The standard InChI is InChI=1S/C46H54ClFN10O7/c1-25(2)58-34-6-5-28(18-27(34)19-37(44(58)62)64-24-39(60)49-4)51-42-33(47)22-50-46(53-42)56-11-9-30(10-12-56)65-31-20-29(21-31)54-13-15-55(16-14-54)36-17-26(3)40-32(41(36)48)23-57(45(40)63)35-7-8-38(59)52-43(35)61/h5-6,17-19,22,25,29-31,35H,7-16,20-21,23-24H2,1-4H3,(H,49,60)(H,50,51,53)(H,52,59,61). The Hall–Kier alpha value is -5.85. The zero-order valence-electron chi connectivity index (χ0n) is 37.0. The van der Waals surface area contributed by atoms with Crippen molar-refractivity contribution in [2.45, 2.75) is 96.2 Å². The van der Waals surface area contributed by atoms with Gasteiger partial charge in [-0.15, -0.1) is 0 Å². The minimum atomic E-state index is -0.788. The second-order valence-electron chi connectivity index (χ2n) is 17.9. The number of fused-ring (bicyclic) bond motifs is 2. The average molecular weight is 913 g/mol. The van der Waals surface area contributed by atoms with Crippen LogP contribution in [0.5, 0.6) is 5.75 Å². The molecule has 0 bridgehead atoms. The van der Waals surface area contributed by atoms with Crippen molar-refractivity contribution in [1.82, 2.24) is 35.0 Å². The SMILES string of the molecule is CNC(=O)COc1cc2cc(Nc3nc(N4CCC(OC5CC(N6CCN(c7cc(C)c8c(c7F)CN(C7CCC(=O)NC7=O)C8=O)CC6)C5)CC4)ncc3Cl)ccc2n(C(C)C)c1=O. The van der Waals surface area contributed by atoms with Crippen LogP contribution < -0.4 is 36.0 Å². The summed E-state index contributed by atoms with van der Waals surface area (Å²) in [4.78, 5) is 80.1. The van der Waals surface area contributed by atoms with E-state index in [1.807, 2.05) is 39.0 Å². The van der Waals surface area contributed by atoms with E-state index in [4.69, 9.17) is 26.1 Å². The van der Waals surface area contributed by atoms with E-state index in [1.54, 1.807) is 22.9 Å². The van der Waals surface area contributed by atoms with Gasteiger partial charge in [-0.2, -0.15) is 4.98 Å². The van der Waals surface area contributed by atoms with E-state index >= 15 is 4.39 Å². The Bertz CT molecular complexity index is 2610. The Kier molecular flexibility index (Phi) is 12.4. The lowest BCUT2D eigenvalue weighted by Crippen LogP contribution is -2.56. The Morgan fingerprint density at radius 2 is 1.74 bits per heavy atom. The number of pyridine rings is 1. The topological polar surface area (TPSA) is 184 Å². The van der Waals surface area contributed by atoms with E-state index in [1.165, 1.54) is 11.9 Å². The van der Waals surface area contributed by atoms with Crippen LogP contribution in [0.4, 0.5) is 27.5 Å². The van der Waals surface area contributed by atoms with Gasteiger partial charge in [0.1, 0.15) is 11.1 Å². The fraction of sp³-hybridized carbons (Fsp3) is 0.500. The summed E-state index contributed by atoms with van der Waals surface area (Å²) in [5.74, 6) is -0.877. The first kappa shape index (κ1) is 44.4. The zero-order chi connectivity index (χ0) is 45.7. The van der Waals surface area contributed by atoms with Crippen LogP contribution in [0.1, 0.15) is 79.9 Å². The number of nitrogens with zero attached hydrogens (tertiary/aromatic N) is 7. The van der Waals surface area contributed by atoms with E-state index in [0.717, 1.165) is 62.8 Å². The fourth-order valence-electron chi connectivity index (χ4n) is 9.84. The average Bonchev–Trinajstić information content (AvgIpc) is 3.63. The van der Waals surface area contributed by atoms with Crippen molar-refractivity contribution < 1.29 is 33.0 Å². The predicted octanol–water partition coefficient (Wildman–Crippen LogP) is 4.44. The van der Waals surface area contributed by atoms with Crippen molar-refractivity contribution in [3.05, 3.63) is 74.4 Å². The van der Waals surface area contributed by atoms with Crippen LogP contribution in [0.25, 0.3) is 10.9 Å². The quantitative estimate of drug-likeness (QED) is 0.170. The van der Waals surface area contributed by atoms with Gasteiger partial charge in [0, 0.05) is 81.5 Å². The van der Waals surface area contributed by atoms with Crippen molar-refractivity contribution in [2.24, 2.45) is 0 Å². The van der Waals surface area contributed by atoms with Gasteiger partial charge in [-0.25, -0.2) is 9.37 Å². The van der Waals surface area contributed by atoms with E-state index in [2.05, 4.69) is 35.6 Å². The normalized spacial score (nSPS) is 21.7. The first-order chi connectivity index (χ1) is 31.3. The van der Waals surface area contributed by atoms with Crippen LogP contribution in [-0.2, 0) is 25.7 Å². The number of carbonyl (C=O) groups excluding carboxylic acids is 4. The molecule has 4 amide bonds. The van der Waals surface area contributed by atoms with Crippen LogP contribution in [0, 0.1) is 12.7 Å². The minimum absolute atomic E-state index is 0.0121. The zero-order valence-corrected chi connectivity index (χ0v) is 37.8. The summed E-state index contributed by atoms with van der Waals surface area (Å²) in [6.45, 7) is 9.75. The molecule has 1 atom stereocenters. The minimum Gasteiger partial charge on any atom is -0.478 e. The number of rotatable bonds is 12. The van der Waals surface area contributed by atoms with Crippen molar-refractivity contribution in [3.63, 3.8) is 0 Å². The second-order valence-corrected chi connectivity index (χ2v) is 18.3. The lowest BCUT2D eigenvalue weighted by molar-refractivity contribution is -0.137. The second kappa shape index (κ2) is 18.2. The van der Waals surface area contributed by atoms with Gasteiger partial charge in [0.25, 0.3) is 17.4 Å². The molecule has 0 spiro atoms. The number of anilines is 4. The molecule has 9 rings (SSSR count). The van der Waals surface area contributed by atoms with Gasteiger partial charge in [0.2, 0.25) is 17.8 Å². The molecule has 19 heteroatoms. The molecule has 3 N–H and O–H groups in total. The molecule has 65 heavy (non-hydrogen) atoms. The number of aryl methyl sites for hydroxylation is 1. The molecule has 344 valence electrons. The summed E-state index contributed by atoms with van der Waals surface area (Å²) < 4.78 is 30.0. The smallest absolute Gasteiger partial charge is 0.293 e. The third-order valence-electron chi connectivity index (χ3n) is 13.4. The highest BCUT2D eigenvalue weighted by atomic mass is 35.5. The number of likely N-dealkylation sites (N-methyl/N-ethyl adjacent to an activating group) is 1. The summed E-state index contributed by atoms with van der Waals surface area (Å²) in [5, 5.41) is 9.23. The van der Waals surface area contributed by atoms with Crippen molar-refractivity contribution in [1.29, 1.82) is 0 Å². The summed E-state index contributed by atoms with van der Waals surface area (Å²) in [6.07, 6.45) is 5.88. The Morgan fingerprint density at radius 3 is 2.45 bits per heavy atom. The highest BCUT2D eigenvalue weighted by molar-refractivity contribution is 6.33. The van der Waals surface area contributed by atoms with Gasteiger partial charge in [-0.1, -0.05) is 11.6 Å². The Labute approximate surface area is 380 Å². The number of ether oxygens (including phenoxy) is 2. The number of nitrogens with one attached hydrogen (secondary N) is 3. The summed E-state index contributed by atoms with van der Waals surface area (Å²) >= 11 is 6.60. The van der Waals surface area contributed by atoms with E-state index in [-0.39, 0.29) is 73.3 Å². The molecule has 6 heterocycles. The van der Waals surface area contributed by atoms with Crippen LogP contribution in [0.15, 0.2) is 41.3 Å². The lowest BCUT2D eigenvalue weighted by Gasteiger charge is -2.47. The molecule has 4 aromatic rings. The lowest BCUT2D eigenvalue weighted by atomic mass is 9.87.